The van der Waals surface area contributed by atoms with E-state index in [1.807, 2.05) is 0 Å². The van der Waals surface area contributed by atoms with Gasteiger partial charge in [-0.15, -0.1) is 0 Å². The minimum atomic E-state index is -0.311. The topological polar surface area (TPSA) is 55.8 Å². The van der Waals surface area contributed by atoms with Gasteiger partial charge in [0.2, 0.25) is 0 Å². The average Bonchev–Trinajstić information content (AvgIpc) is 2.77. The van der Waals surface area contributed by atoms with Crippen LogP contribution < -0.4 is 9.64 Å². The molecule has 1 unspecified atom stereocenters. The van der Waals surface area contributed by atoms with Crippen molar-refractivity contribution in [2.75, 3.05) is 18.1 Å². The van der Waals surface area contributed by atoms with Gasteiger partial charge < -0.3 is 9.47 Å². The summed E-state index contributed by atoms with van der Waals surface area (Å²) in [6, 6.07) is 6.97. The van der Waals surface area contributed by atoms with Gasteiger partial charge in [-0.05, 0) is 43.5 Å². The summed E-state index contributed by atoms with van der Waals surface area (Å²) in [6.45, 7) is 1.53. The SMILES string of the molecule is O=C1C=CC(=O)N1c1ccc(OCCCC2CCO2)cc1. The molecule has 1 aromatic carbocycles. The predicted molar refractivity (Wildman–Crippen MR) is 77.2 cm³/mol. The quantitative estimate of drug-likeness (QED) is 0.593. The average molecular weight is 287 g/mol. The molecular formula is C16H17NO4. The standard InChI is InChI=1S/C16H17NO4/c18-15-7-8-16(19)17(15)12-3-5-14(6-4-12)20-10-1-2-13-9-11-21-13/h3-8,13H,1-2,9-11H2. The summed E-state index contributed by atoms with van der Waals surface area (Å²) in [6.07, 6.45) is 6.10. The summed E-state index contributed by atoms with van der Waals surface area (Å²) >= 11 is 0. The van der Waals surface area contributed by atoms with E-state index in [-0.39, 0.29) is 11.8 Å². The molecule has 110 valence electrons. The van der Waals surface area contributed by atoms with Crippen LogP contribution in [0.1, 0.15) is 19.3 Å². The van der Waals surface area contributed by atoms with E-state index in [0.29, 0.717) is 18.4 Å². The van der Waals surface area contributed by atoms with Gasteiger partial charge in [0.15, 0.2) is 0 Å². The number of benzene rings is 1. The fourth-order valence-corrected chi connectivity index (χ4v) is 2.36. The lowest BCUT2D eigenvalue weighted by Crippen LogP contribution is -2.29. The van der Waals surface area contributed by atoms with Crippen molar-refractivity contribution in [2.45, 2.75) is 25.4 Å². The monoisotopic (exact) mass is 287 g/mol. The zero-order valence-corrected chi connectivity index (χ0v) is 11.7. The zero-order chi connectivity index (χ0) is 14.7. The summed E-state index contributed by atoms with van der Waals surface area (Å²) in [4.78, 5) is 24.2. The minimum Gasteiger partial charge on any atom is -0.494 e. The molecule has 5 heteroatoms. The highest BCUT2D eigenvalue weighted by atomic mass is 16.5. The van der Waals surface area contributed by atoms with E-state index in [2.05, 4.69) is 0 Å². The molecule has 5 nitrogen and oxygen atoms in total. The van der Waals surface area contributed by atoms with Gasteiger partial charge in [0, 0.05) is 18.8 Å². The van der Waals surface area contributed by atoms with Gasteiger partial charge in [0.25, 0.3) is 11.8 Å². The second kappa shape index (κ2) is 6.10. The van der Waals surface area contributed by atoms with Crippen molar-refractivity contribution in [2.24, 2.45) is 0 Å². The third kappa shape index (κ3) is 3.13. The van der Waals surface area contributed by atoms with Gasteiger partial charge >= 0.3 is 0 Å². The Morgan fingerprint density at radius 3 is 2.38 bits per heavy atom. The maximum absolute atomic E-state index is 11.6. The largest absolute Gasteiger partial charge is 0.494 e. The first-order valence-electron chi connectivity index (χ1n) is 7.14. The van der Waals surface area contributed by atoms with Crippen LogP contribution in [0.25, 0.3) is 0 Å². The van der Waals surface area contributed by atoms with Crippen LogP contribution in [0.15, 0.2) is 36.4 Å². The van der Waals surface area contributed by atoms with Crippen molar-refractivity contribution in [1.29, 1.82) is 0 Å². The molecule has 2 aliphatic rings. The summed E-state index contributed by atoms with van der Waals surface area (Å²) in [7, 11) is 0. The van der Waals surface area contributed by atoms with E-state index in [9.17, 15) is 9.59 Å². The Hall–Kier alpha value is -2.14. The molecule has 2 amide bonds. The third-order valence-corrected chi connectivity index (χ3v) is 3.64. The van der Waals surface area contributed by atoms with Gasteiger partial charge in [0.1, 0.15) is 5.75 Å². The second-order valence-corrected chi connectivity index (χ2v) is 5.11. The number of nitrogens with zero attached hydrogens (tertiary/aromatic N) is 1. The van der Waals surface area contributed by atoms with E-state index in [0.717, 1.165) is 36.5 Å². The molecule has 2 heterocycles. The van der Waals surface area contributed by atoms with E-state index >= 15 is 0 Å². The van der Waals surface area contributed by atoms with Gasteiger partial charge in [-0.3, -0.25) is 9.59 Å². The molecule has 1 saturated heterocycles. The van der Waals surface area contributed by atoms with E-state index in [4.69, 9.17) is 9.47 Å². The zero-order valence-electron chi connectivity index (χ0n) is 11.7. The van der Waals surface area contributed by atoms with E-state index < -0.39 is 0 Å². The molecule has 0 spiro atoms. The maximum Gasteiger partial charge on any atom is 0.258 e. The molecule has 2 aliphatic heterocycles. The van der Waals surface area contributed by atoms with Gasteiger partial charge in [-0.2, -0.15) is 0 Å². The van der Waals surface area contributed by atoms with Gasteiger partial charge in [0.05, 0.1) is 18.4 Å². The first-order valence-corrected chi connectivity index (χ1v) is 7.14. The fraction of sp³-hybridized carbons (Fsp3) is 0.375. The Morgan fingerprint density at radius 1 is 1.14 bits per heavy atom. The predicted octanol–water partition coefficient (Wildman–Crippen LogP) is 2.06. The van der Waals surface area contributed by atoms with Crippen molar-refractivity contribution in [3.8, 4) is 5.75 Å². The van der Waals surface area contributed by atoms with Crippen molar-refractivity contribution in [3.05, 3.63) is 36.4 Å². The number of amides is 2. The first-order chi connectivity index (χ1) is 10.2. The number of anilines is 1. The van der Waals surface area contributed by atoms with Crippen LogP contribution in [0.5, 0.6) is 5.75 Å². The third-order valence-electron chi connectivity index (χ3n) is 3.64. The Morgan fingerprint density at radius 2 is 1.81 bits per heavy atom. The smallest absolute Gasteiger partial charge is 0.258 e. The molecule has 1 fully saturated rings. The molecule has 1 aromatic rings. The molecule has 0 N–H and O–H groups in total. The highest BCUT2D eigenvalue weighted by Gasteiger charge is 2.24. The number of imide groups is 1. The molecule has 0 aliphatic carbocycles. The molecule has 1 atom stereocenters. The number of carbonyl (C=O) groups is 2. The lowest BCUT2D eigenvalue weighted by Gasteiger charge is -2.26. The van der Waals surface area contributed by atoms with Crippen molar-refractivity contribution >= 4 is 17.5 Å². The summed E-state index contributed by atoms with van der Waals surface area (Å²) < 4.78 is 11.0. The Labute approximate surface area is 123 Å². The summed E-state index contributed by atoms with van der Waals surface area (Å²) in [5.74, 6) is 0.115. The van der Waals surface area contributed by atoms with Crippen LogP contribution in [0.3, 0.4) is 0 Å². The molecule has 0 saturated carbocycles. The van der Waals surface area contributed by atoms with Crippen LogP contribution in [0, 0.1) is 0 Å². The highest BCUT2D eigenvalue weighted by Crippen LogP contribution is 2.23. The normalized spacial score (nSPS) is 20.8. The molecule has 0 aromatic heterocycles. The fourth-order valence-electron chi connectivity index (χ4n) is 2.36. The second-order valence-electron chi connectivity index (χ2n) is 5.11. The van der Waals surface area contributed by atoms with Crippen LogP contribution in [0.2, 0.25) is 0 Å². The minimum absolute atomic E-state index is 0.311. The van der Waals surface area contributed by atoms with Gasteiger partial charge in [-0.1, -0.05) is 0 Å². The summed E-state index contributed by atoms with van der Waals surface area (Å²) in [5.41, 5.74) is 0.560. The van der Waals surface area contributed by atoms with E-state index in [1.54, 1.807) is 24.3 Å². The van der Waals surface area contributed by atoms with Crippen LogP contribution in [0.4, 0.5) is 5.69 Å². The molecule has 0 radical (unpaired) electrons. The van der Waals surface area contributed by atoms with Gasteiger partial charge in [-0.25, -0.2) is 4.90 Å². The van der Waals surface area contributed by atoms with Crippen LogP contribution in [-0.4, -0.2) is 31.1 Å². The first kappa shape index (κ1) is 13.8. The lowest BCUT2D eigenvalue weighted by atomic mass is 10.1. The van der Waals surface area contributed by atoms with Crippen molar-refractivity contribution in [3.63, 3.8) is 0 Å². The van der Waals surface area contributed by atoms with Crippen LogP contribution >= 0.6 is 0 Å². The number of hydrogen-bond donors (Lipinski definition) is 0. The molecule has 21 heavy (non-hydrogen) atoms. The number of rotatable bonds is 6. The molecular weight excluding hydrogens is 270 g/mol. The van der Waals surface area contributed by atoms with Crippen LogP contribution in [-0.2, 0) is 14.3 Å². The number of ether oxygens (including phenoxy) is 2. The Balaban J connectivity index is 1.49. The number of hydrogen-bond acceptors (Lipinski definition) is 4. The molecule has 0 bridgehead atoms. The maximum atomic E-state index is 11.6. The Bertz CT molecular complexity index is 542. The summed E-state index contributed by atoms with van der Waals surface area (Å²) in [5, 5.41) is 0. The van der Waals surface area contributed by atoms with Crippen molar-refractivity contribution < 1.29 is 19.1 Å². The highest BCUT2D eigenvalue weighted by molar-refractivity contribution is 6.28. The molecule has 3 rings (SSSR count). The number of carbonyl (C=O) groups excluding carboxylic acids is 2. The lowest BCUT2D eigenvalue weighted by molar-refractivity contribution is -0.119. The van der Waals surface area contributed by atoms with Crippen molar-refractivity contribution in [1.82, 2.24) is 0 Å². The van der Waals surface area contributed by atoms with E-state index in [1.165, 1.54) is 12.2 Å². The Kier molecular flexibility index (Phi) is 4.01.